The van der Waals surface area contributed by atoms with Gasteiger partial charge in [0.25, 0.3) is 5.91 Å². The first kappa shape index (κ1) is 13.6. The normalized spacial score (nSPS) is 9.90. The third kappa shape index (κ3) is 2.78. The highest BCUT2D eigenvalue weighted by Crippen LogP contribution is 2.15. The number of carbonyl (C=O) groups is 1. The van der Waals surface area contributed by atoms with Crippen LogP contribution < -0.4 is 10.2 Å². The second-order valence-electron chi connectivity index (χ2n) is 4.57. The maximum absolute atomic E-state index is 12.1. The van der Waals surface area contributed by atoms with Crippen LogP contribution in [0.3, 0.4) is 0 Å². The minimum atomic E-state index is -0.287. The number of anilines is 2. The minimum Gasteiger partial charge on any atom is -0.378 e. The molecule has 0 radical (unpaired) electrons. The summed E-state index contributed by atoms with van der Waals surface area (Å²) in [7, 11) is 5.56. The van der Waals surface area contributed by atoms with E-state index in [9.17, 15) is 4.79 Å². The van der Waals surface area contributed by atoms with E-state index in [-0.39, 0.29) is 11.7 Å². The number of aryl methyl sites for hydroxylation is 1. The summed E-state index contributed by atoms with van der Waals surface area (Å²) in [6, 6.07) is 9.18. The van der Waals surface area contributed by atoms with Gasteiger partial charge in [-0.2, -0.15) is 10.4 Å². The summed E-state index contributed by atoms with van der Waals surface area (Å²) < 4.78 is 1.49. The number of aromatic nitrogens is 2. The Kier molecular flexibility index (Phi) is 3.71. The maximum atomic E-state index is 12.1. The number of nitriles is 1. The Morgan fingerprint density at radius 1 is 1.35 bits per heavy atom. The Balaban J connectivity index is 2.18. The Morgan fingerprint density at radius 2 is 2.00 bits per heavy atom. The highest BCUT2D eigenvalue weighted by molar-refractivity contribution is 6.04. The molecule has 2 rings (SSSR count). The molecule has 6 heteroatoms. The van der Waals surface area contributed by atoms with Crippen LogP contribution in [0.1, 0.15) is 15.9 Å². The van der Waals surface area contributed by atoms with Gasteiger partial charge in [0, 0.05) is 38.6 Å². The largest absolute Gasteiger partial charge is 0.378 e. The lowest BCUT2D eigenvalue weighted by molar-refractivity contribution is 0.102. The van der Waals surface area contributed by atoms with Crippen molar-refractivity contribution < 1.29 is 4.79 Å². The van der Waals surface area contributed by atoms with Crippen LogP contribution in [0.15, 0.2) is 30.5 Å². The van der Waals surface area contributed by atoms with Gasteiger partial charge in [-0.05, 0) is 24.3 Å². The molecular formula is C14H15N5O. The molecule has 1 aromatic carbocycles. The second kappa shape index (κ2) is 5.45. The van der Waals surface area contributed by atoms with Crippen LogP contribution in [-0.2, 0) is 7.05 Å². The zero-order valence-corrected chi connectivity index (χ0v) is 11.6. The van der Waals surface area contributed by atoms with Gasteiger partial charge in [-0.25, -0.2) is 0 Å². The van der Waals surface area contributed by atoms with Crippen molar-refractivity contribution in [1.82, 2.24) is 9.78 Å². The Bertz CT molecular complexity index is 664. The molecule has 0 bridgehead atoms. The van der Waals surface area contributed by atoms with Gasteiger partial charge in [0.1, 0.15) is 11.6 Å². The first-order chi connectivity index (χ1) is 9.51. The number of amides is 1. The zero-order valence-electron chi connectivity index (χ0n) is 11.6. The molecule has 6 nitrogen and oxygen atoms in total. The van der Waals surface area contributed by atoms with E-state index in [1.54, 1.807) is 25.4 Å². The predicted molar refractivity (Wildman–Crippen MR) is 76.6 cm³/mol. The van der Waals surface area contributed by atoms with Crippen molar-refractivity contribution in [1.29, 1.82) is 5.26 Å². The molecule has 0 saturated heterocycles. The van der Waals surface area contributed by atoms with Crippen molar-refractivity contribution in [3.63, 3.8) is 0 Å². The van der Waals surface area contributed by atoms with Crippen LogP contribution in [-0.4, -0.2) is 29.8 Å². The first-order valence-electron chi connectivity index (χ1n) is 6.03. The van der Waals surface area contributed by atoms with Crippen molar-refractivity contribution in [2.45, 2.75) is 0 Å². The van der Waals surface area contributed by atoms with Gasteiger partial charge in [0.2, 0.25) is 0 Å². The standard InChI is InChI=1S/C14H15N5O/c1-18(2)12-6-4-10(5-7-12)14(20)16-13-11(8-15)9-19(3)17-13/h4-7,9H,1-3H3,(H,16,17,20). The number of hydrogen-bond acceptors (Lipinski definition) is 4. The van der Waals surface area contributed by atoms with Gasteiger partial charge in [-0.15, -0.1) is 0 Å². The van der Waals surface area contributed by atoms with Crippen molar-refractivity contribution in [3.8, 4) is 6.07 Å². The van der Waals surface area contributed by atoms with E-state index in [2.05, 4.69) is 10.4 Å². The molecule has 1 heterocycles. The molecule has 0 spiro atoms. The number of hydrogen-bond donors (Lipinski definition) is 1. The van der Waals surface area contributed by atoms with Gasteiger partial charge in [0.15, 0.2) is 5.82 Å². The van der Waals surface area contributed by atoms with Crippen molar-refractivity contribution >= 4 is 17.4 Å². The van der Waals surface area contributed by atoms with Crippen LogP contribution >= 0.6 is 0 Å². The van der Waals surface area contributed by atoms with E-state index in [4.69, 9.17) is 5.26 Å². The van der Waals surface area contributed by atoms with Crippen molar-refractivity contribution in [2.75, 3.05) is 24.3 Å². The third-order valence-electron chi connectivity index (χ3n) is 2.83. The number of rotatable bonds is 3. The Morgan fingerprint density at radius 3 is 2.55 bits per heavy atom. The summed E-state index contributed by atoms with van der Waals surface area (Å²) in [6.07, 6.45) is 1.56. The Hall–Kier alpha value is -2.81. The number of carbonyl (C=O) groups excluding carboxylic acids is 1. The number of benzene rings is 1. The smallest absolute Gasteiger partial charge is 0.256 e. The van der Waals surface area contributed by atoms with E-state index in [0.717, 1.165) is 5.69 Å². The van der Waals surface area contributed by atoms with Crippen LogP contribution in [0.25, 0.3) is 0 Å². The molecule has 2 aromatic rings. The third-order valence-corrected chi connectivity index (χ3v) is 2.83. The molecule has 20 heavy (non-hydrogen) atoms. The van der Waals surface area contributed by atoms with Gasteiger partial charge in [-0.3, -0.25) is 9.48 Å². The number of nitrogens with zero attached hydrogens (tertiary/aromatic N) is 4. The van der Waals surface area contributed by atoms with Crippen LogP contribution in [0, 0.1) is 11.3 Å². The van der Waals surface area contributed by atoms with E-state index >= 15 is 0 Å². The van der Waals surface area contributed by atoms with Gasteiger partial charge in [0.05, 0.1) is 0 Å². The molecule has 1 N–H and O–H groups in total. The van der Waals surface area contributed by atoms with Crippen LogP contribution in [0.5, 0.6) is 0 Å². The van der Waals surface area contributed by atoms with Crippen LogP contribution in [0.4, 0.5) is 11.5 Å². The molecular weight excluding hydrogens is 254 g/mol. The first-order valence-corrected chi connectivity index (χ1v) is 6.03. The summed E-state index contributed by atoms with van der Waals surface area (Å²) in [5.41, 5.74) is 1.87. The second-order valence-corrected chi connectivity index (χ2v) is 4.57. The lowest BCUT2D eigenvalue weighted by atomic mass is 10.2. The molecule has 102 valence electrons. The van der Waals surface area contributed by atoms with Gasteiger partial charge >= 0.3 is 0 Å². The highest BCUT2D eigenvalue weighted by Gasteiger charge is 2.12. The molecule has 0 aliphatic rings. The van der Waals surface area contributed by atoms with Crippen molar-refractivity contribution in [2.24, 2.45) is 7.05 Å². The quantitative estimate of drug-likeness (QED) is 0.918. The molecule has 0 aliphatic carbocycles. The fourth-order valence-electron chi connectivity index (χ4n) is 1.75. The van der Waals surface area contributed by atoms with Gasteiger partial charge < -0.3 is 10.2 Å². The molecule has 0 unspecified atom stereocenters. The summed E-state index contributed by atoms with van der Waals surface area (Å²) in [4.78, 5) is 14.0. The van der Waals surface area contributed by atoms with E-state index < -0.39 is 0 Å². The maximum Gasteiger partial charge on any atom is 0.256 e. The fourth-order valence-corrected chi connectivity index (χ4v) is 1.75. The topological polar surface area (TPSA) is 74.0 Å². The average Bonchev–Trinajstić information content (AvgIpc) is 2.78. The Labute approximate surface area is 117 Å². The number of nitrogens with one attached hydrogen (secondary N) is 1. The fraction of sp³-hybridized carbons (Fsp3) is 0.214. The summed E-state index contributed by atoms with van der Waals surface area (Å²) in [6.45, 7) is 0. The SMILES string of the molecule is CN(C)c1ccc(C(=O)Nc2nn(C)cc2C#N)cc1. The molecule has 0 saturated carbocycles. The summed E-state index contributed by atoms with van der Waals surface area (Å²) in [5, 5.41) is 15.6. The molecule has 1 aromatic heterocycles. The molecule has 1 amide bonds. The van der Waals surface area contributed by atoms with Crippen molar-refractivity contribution in [3.05, 3.63) is 41.6 Å². The highest BCUT2D eigenvalue weighted by atomic mass is 16.1. The van der Waals surface area contributed by atoms with E-state index in [1.807, 2.05) is 37.2 Å². The summed E-state index contributed by atoms with van der Waals surface area (Å²) in [5.74, 6) is -0.0119. The monoisotopic (exact) mass is 269 g/mol. The predicted octanol–water partition coefficient (Wildman–Crippen LogP) is 1.61. The molecule has 0 atom stereocenters. The van der Waals surface area contributed by atoms with Crippen LogP contribution in [0.2, 0.25) is 0 Å². The van der Waals surface area contributed by atoms with E-state index in [1.165, 1.54) is 4.68 Å². The summed E-state index contributed by atoms with van der Waals surface area (Å²) >= 11 is 0. The zero-order chi connectivity index (χ0) is 14.7. The lowest BCUT2D eigenvalue weighted by Crippen LogP contribution is -2.14. The lowest BCUT2D eigenvalue weighted by Gasteiger charge is -2.12. The average molecular weight is 269 g/mol. The minimum absolute atomic E-state index is 0.275. The van der Waals surface area contributed by atoms with Gasteiger partial charge in [-0.1, -0.05) is 0 Å². The molecule has 0 fully saturated rings. The molecule has 0 aliphatic heterocycles. The van der Waals surface area contributed by atoms with E-state index in [0.29, 0.717) is 11.1 Å².